The first-order valence-corrected chi connectivity index (χ1v) is 6.79. The number of amides is 2. The van der Waals surface area contributed by atoms with Gasteiger partial charge in [0.05, 0.1) is 17.4 Å². The van der Waals surface area contributed by atoms with Crippen LogP contribution in [0.5, 0.6) is 0 Å². The van der Waals surface area contributed by atoms with Crippen LogP contribution in [0.25, 0.3) is 0 Å². The minimum atomic E-state index is -0.631. The maximum Gasteiger partial charge on any atom is 0.254 e. The van der Waals surface area contributed by atoms with Crippen LogP contribution in [0.4, 0.5) is 5.69 Å². The Bertz CT molecular complexity index is 503. The van der Waals surface area contributed by atoms with Gasteiger partial charge in [-0.25, -0.2) is 4.98 Å². The Balaban J connectivity index is 2.80. The zero-order valence-electron chi connectivity index (χ0n) is 11.8. The third kappa shape index (κ3) is 3.84. The average molecular weight is 299 g/mol. The molecule has 0 saturated heterocycles. The Kier molecular flexibility index (Phi) is 5.76. The van der Waals surface area contributed by atoms with Crippen LogP contribution in [-0.2, 0) is 4.79 Å². The number of pyridine rings is 1. The van der Waals surface area contributed by atoms with Gasteiger partial charge >= 0.3 is 0 Å². The molecule has 0 fully saturated rings. The summed E-state index contributed by atoms with van der Waals surface area (Å²) in [6, 6.07) is 0.745. The summed E-state index contributed by atoms with van der Waals surface area (Å²) in [6.07, 6.45) is 1.31. The molecule has 0 bridgehead atoms. The number of nitrogen functional groups attached to an aromatic ring is 1. The molecule has 2 amide bonds. The lowest BCUT2D eigenvalue weighted by Gasteiger charge is -2.23. The van der Waals surface area contributed by atoms with Crippen molar-refractivity contribution in [1.29, 1.82) is 0 Å². The van der Waals surface area contributed by atoms with Gasteiger partial charge in [-0.15, -0.1) is 0 Å². The molecule has 1 rings (SSSR count). The standard InChI is InChI=1S/C13H19ClN4O2/c1-4-18(5-2)13(20)8(3)17-12(19)9-6-11(14)16-7-10(9)15/h6-8H,4-5,15H2,1-3H3,(H,17,19). The zero-order valence-corrected chi connectivity index (χ0v) is 12.6. The van der Waals surface area contributed by atoms with E-state index in [0.29, 0.717) is 13.1 Å². The molecule has 6 nitrogen and oxygen atoms in total. The lowest BCUT2D eigenvalue weighted by Crippen LogP contribution is -2.46. The molecule has 0 spiro atoms. The van der Waals surface area contributed by atoms with Crippen molar-refractivity contribution in [2.45, 2.75) is 26.8 Å². The van der Waals surface area contributed by atoms with Crippen LogP contribution in [-0.4, -0.2) is 40.8 Å². The highest BCUT2D eigenvalue weighted by atomic mass is 35.5. The number of nitrogens with zero attached hydrogens (tertiary/aromatic N) is 2. The van der Waals surface area contributed by atoms with Gasteiger partial charge in [0.25, 0.3) is 5.91 Å². The Labute approximate surface area is 123 Å². The van der Waals surface area contributed by atoms with E-state index in [0.717, 1.165) is 0 Å². The first-order valence-electron chi connectivity index (χ1n) is 6.41. The fraction of sp³-hybridized carbons (Fsp3) is 0.462. The van der Waals surface area contributed by atoms with Gasteiger partial charge in [0, 0.05) is 13.1 Å². The van der Waals surface area contributed by atoms with Gasteiger partial charge in [0.1, 0.15) is 11.2 Å². The van der Waals surface area contributed by atoms with Gasteiger partial charge < -0.3 is 16.0 Å². The topological polar surface area (TPSA) is 88.3 Å². The second kappa shape index (κ2) is 7.09. The van der Waals surface area contributed by atoms with Crippen LogP contribution in [0.15, 0.2) is 12.3 Å². The van der Waals surface area contributed by atoms with Gasteiger partial charge in [-0.1, -0.05) is 11.6 Å². The summed E-state index contributed by atoms with van der Waals surface area (Å²) in [4.78, 5) is 29.6. The summed E-state index contributed by atoms with van der Waals surface area (Å²) < 4.78 is 0. The fourth-order valence-corrected chi connectivity index (χ4v) is 1.94. The molecule has 1 aromatic rings. The van der Waals surface area contributed by atoms with Crippen LogP contribution < -0.4 is 11.1 Å². The van der Waals surface area contributed by atoms with E-state index in [4.69, 9.17) is 17.3 Å². The molecule has 20 heavy (non-hydrogen) atoms. The third-order valence-electron chi connectivity index (χ3n) is 2.94. The van der Waals surface area contributed by atoms with Gasteiger partial charge in [-0.05, 0) is 26.8 Å². The van der Waals surface area contributed by atoms with Crippen molar-refractivity contribution in [3.63, 3.8) is 0 Å². The Morgan fingerprint density at radius 2 is 2.05 bits per heavy atom. The molecule has 0 aromatic carbocycles. The maximum atomic E-state index is 12.1. The van der Waals surface area contributed by atoms with E-state index in [1.54, 1.807) is 11.8 Å². The van der Waals surface area contributed by atoms with Crippen LogP contribution >= 0.6 is 11.6 Å². The predicted molar refractivity (Wildman–Crippen MR) is 78.5 cm³/mol. The minimum Gasteiger partial charge on any atom is -0.397 e. The van der Waals surface area contributed by atoms with E-state index in [-0.39, 0.29) is 22.3 Å². The smallest absolute Gasteiger partial charge is 0.254 e. The molecule has 110 valence electrons. The summed E-state index contributed by atoms with van der Waals surface area (Å²) >= 11 is 5.73. The van der Waals surface area contributed by atoms with Crippen molar-refractivity contribution in [1.82, 2.24) is 15.2 Å². The Morgan fingerprint density at radius 3 is 2.60 bits per heavy atom. The minimum absolute atomic E-state index is 0.137. The van der Waals surface area contributed by atoms with Crippen molar-refractivity contribution in [2.75, 3.05) is 18.8 Å². The van der Waals surface area contributed by atoms with E-state index in [1.807, 2.05) is 13.8 Å². The summed E-state index contributed by atoms with van der Waals surface area (Å²) in [5, 5.41) is 2.79. The predicted octanol–water partition coefficient (Wildman–Crippen LogP) is 1.30. The van der Waals surface area contributed by atoms with Gasteiger partial charge in [0.2, 0.25) is 5.91 Å². The number of carbonyl (C=O) groups excluding carboxylic acids is 2. The highest BCUT2D eigenvalue weighted by Crippen LogP contribution is 2.15. The number of likely N-dealkylation sites (N-methyl/N-ethyl adjacent to an activating group) is 1. The van der Waals surface area contributed by atoms with Crippen molar-refractivity contribution in [2.24, 2.45) is 0 Å². The number of anilines is 1. The lowest BCUT2D eigenvalue weighted by molar-refractivity contribution is -0.132. The van der Waals surface area contributed by atoms with Gasteiger partial charge in [-0.3, -0.25) is 9.59 Å². The number of nitrogens with two attached hydrogens (primary N) is 1. The van der Waals surface area contributed by atoms with Crippen LogP contribution in [0.1, 0.15) is 31.1 Å². The van der Waals surface area contributed by atoms with Crippen molar-refractivity contribution in [3.8, 4) is 0 Å². The lowest BCUT2D eigenvalue weighted by atomic mass is 10.2. The second-order valence-corrected chi connectivity index (χ2v) is 4.69. The number of hydrogen-bond acceptors (Lipinski definition) is 4. The van der Waals surface area contributed by atoms with Gasteiger partial charge in [-0.2, -0.15) is 0 Å². The fourth-order valence-electron chi connectivity index (χ4n) is 1.78. The normalized spacial score (nSPS) is 11.8. The highest BCUT2D eigenvalue weighted by molar-refractivity contribution is 6.29. The molecule has 0 radical (unpaired) electrons. The first kappa shape index (κ1) is 16.2. The van der Waals surface area contributed by atoms with E-state index in [2.05, 4.69) is 10.3 Å². The molecule has 0 saturated carbocycles. The summed E-state index contributed by atoms with van der Waals surface area (Å²) in [5.74, 6) is -0.582. The quantitative estimate of drug-likeness (QED) is 0.802. The van der Waals surface area contributed by atoms with Crippen LogP contribution in [0, 0.1) is 0 Å². The molecule has 1 unspecified atom stereocenters. The van der Waals surface area contributed by atoms with Crippen LogP contribution in [0.3, 0.4) is 0 Å². The summed E-state index contributed by atoms with van der Waals surface area (Å²) in [5.41, 5.74) is 6.11. The first-order chi connectivity index (χ1) is 9.40. The second-order valence-electron chi connectivity index (χ2n) is 4.30. The molecule has 0 aliphatic carbocycles. The number of aromatic nitrogens is 1. The maximum absolute atomic E-state index is 12.1. The van der Waals surface area contributed by atoms with Gasteiger partial charge in [0.15, 0.2) is 0 Å². The molecule has 0 aliphatic heterocycles. The number of carbonyl (C=O) groups is 2. The Morgan fingerprint density at radius 1 is 1.45 bits per heavy atom. The van der Waals surface area contributed by atoms with Crippen molar-refractivity contribution < 1.29 is 9.59 Å². The van der Waals surface area contributed by atoms with E-state index >= 15 is 0 Å². The molecule has 1 atom stereocenters. The molecule has 7 heteroatoms. The SMILES string of the molecule is CCN(CC)C(=O)C(C)NC(=O)c1cc(Cl)ncc1N. The molecule has 1 heterocycles. The number of halogens is 1. The number of hydrogen-bond donors (Lipinski definition) is 2. The molecule has 1 aromatic heterocycles. The Hall–Kier alpha value is -1.82. The average Bonchev–Trinajstić information content (AvgIpc) is 2.42. The van der Waals surface area contributed by atoms with Crippen molar-refractivity contribution in [3.05, 3.63) is 23.0 Å². The van der Waals surface area contributed by atoms with Crippen molar-refractivity contribution >= 4 is 29.1 Å². The molecular formula is C13H19ClN4O2. The highest BCUT2D eigenvalue weighted by Gasteiger charge is 2.21. The number of rotatable bonds is 5. The van der Waals surface area contributed by atoms with E-state index in [9.17, 15) is 9.59 Å². The zero-order chi connectivity index (χ0) is 15.3. The van der Waals surface area contributed by atoms with E-state index in [1.165, 1.54) is 12.3 Å². The largest absolute Gasteiger partial charge is 0.397 e. The molecular weight excluding hydrogens is 280 g/mol. The molecule has 3 N–H and O–H groups in total. The summed E-state index contributed by atoms with van der Waals surface area (Å²) in [7, 11) is 0. The van der Waals surface area contributed by atoms with E-state index < -0.39 is 11.9 Å². The monoisotopic (exact) mass is 298 g/mol. The summed E-state index contributed by atoms with van der Waals surface area (Å²) in [6.45, 7) is 6.60. The van der Waals surface area contributed by atoms with Crippen LogP contribution in [0.2, 0.25) is 5.15 Å². The third-order valence-corrected chi connectivity index (χ3v) is 3.15. The number of nitrogens with one attached hydrogen (secondary N) is 1. The molecule has 0 aliphatic rings.